The predicted molar refractivity (Wildman–Crippen MR) is 135 cm³/mol. The van der Waals surface area contributed by atoms with E-state index in [0.29, 0.717) is 11.1 Å². The summed E-state index contributed by atoms with van der Waals surface area (Å²) in [6, 6.07) is 37.2. The molecule has 0 amide bonds. The van der Waals surface area contributed by atoms with Crippen LogP contribution in [0.1, 0.15) is 15.9 Å². The summed E-state index contributed by atoms with van der Waals surface area (Å²) in [6.07, 6.45) is 0. The van der Waals surface area contributed by atoms with E-state index in [9.17, 15) is 4.79 Å². The number of Topliss-reactive ketones (excluding diaryl/α,β-unsaturated/α-hetero) is 1. The molecule has 0 aliphatic heterocycles. The third kappa shape index (κ3) is 6.57. The molecular weight excluding hydrogens is 440 g/mol. The van der Waals surface area contributed by atoms with Gasteiger partial charge >= 0.3 is 0 Å². The van der Waals surface area contributed by atoms with E-state index in [2.05, 4.69) is 0 Å². The van der Waals surface area contributed by atoms with Crippen LogP contribution < -0.4 is 9.47 Å². The predicted octanol–water partition coefficient (Wildman–Crippen LogP) is 5.91. The summed E-state index contributed by atoms with van der Waals surface area (Å²) in [7, 11) is 0. The van der Waals surface area contributed by atoms with Gasteiger partial charge in [0.15, 0.2) is 0 Å². The van der Waals surface area contributed by atoms with E-state index in [4.69, 9.17) is 18.9 Å². The number of rotatable bonds is 13. The van der Waals surface area contributed by atoms with Crippen molar-refractivity contribution in [1.82, 2.24) is 0 Å². The normalized spacial score (nSPS) is 11.1. The standard InChI is InChI=1S/C30H28O5/c31-29(25-13-5-1-6-14-25)30(26-15-7-2-8-16-26,34-23-21-32-27-17-9-3-10-18-27)35-24-22-33-28-19-11-4-12-20-28/h1-20H,21-24H2. The first-order valence-electron chi connectivity index (χ1n) is 11.6. The summed E-state index contributed by atoms with van der Waals surface area (Å²) in [5.74, 6) is -0.479. The molecular formula is C30H28O5. The fourth-order valence-corrected chi connectivity index (χ4v) is 3.63. The van der Waals surface area contributed by atoms with E-state index in [1.807, 2.05) is 109 Å². The average Bonchev–Trinajstić information content (AvgIpc) is 2.94. The highest BCUT2D eigenvalue weighted by Crippen LogP contribution is 2.32. The zero-order valence-corrected chi connectivity index (χ0v) is 19.4. The van der Waals surface area contributed by atoms with Crippen molar-refractivity contribution in [3.63, 3.8) is 0 Å². The zero-order chi connectivity index (χ0) is 24.2. The molecule has 4 aromatic rings. The molecule has 0 unspecified atom stereocenters. The molecule has 0 saturated heterocycles. The molecule has 0 atom stereocenters. The lowest BCUT2D eigenvalue weighted by Crippen LogP contribution is -2.43. The van der Waals surface area contributed by atoms with Gasteiger partial charge in [-0.3, -0.25) is 4.79 Å². The van der Waals surface area contributed by atoms with Crippen LogP contribution in [0.4, 0.5) is 0 Å². The van der Waals surface area contributed by atoms with Crippen LogP contribution in [0.25, 0.3) is 0 Å². The number of hydrogen-bond donors (Lipinski definition) is 0. The molecule has 0 aromatic heterocycles. The van der Waals surface area contributed by atoms with Gasteiger partial charge in [-0.25, -0.2) is 0 Å². The molecule has 35 heavy (non-hydrogen) atoms. The maximum Gasteiger partial charge on any atom is 0.261 e. The topological polar surface area (TPSA) is 54.0 Å². The molecule has 4 aromatic carbocycles. The third-order valence-electron chi connectivity index (χ3n) is 5.29. The van der Waals surface area contributed by atoms with Crippen LogP contribution in [0.2, 0.25) is 0 Å². The van der Waals surface area contributed by atoms with Gasteiger partial charge in [-0.1, -0.05) is 97.1 Å². The minimum atomic E-state index is -1.65. The van der Waals surface area contributed by atoms with Gasteiger partial charge < -0.3 is 18.9 Å². The summed E-state index contributed by atoms with van der Waals surface area (Å²) in [6.45, 7) is 0.791. The first-order valence-corrected chi connectivity index (χ1v) is 11.6. The highest BCUT2D eigenvalue weighted by molar-refractivity contribution is 6.02. The lowest BCUT2D eigenvalue weighted by atomic mass is 9.95. The number of benzene rings is 4. The number of para-hydroxylation sites is 2. The molecule has 0 radical (unpaired) electrons. The van der Waals surface area contributed by atoms with Gasteiger partial charge in [0.2, 0.25) is 5.78 Å². The smallest absolute Gasteiger partial charge is 0.261 e. The van der Waals surface area contributed by atoms with Gasteiger partial charge in [0.25, 0.3) is 5.79 Å². The van der Waals surface area contributed by atoms with Crippen LogP contribution in [0.15, 0.2) is 121 Å². The van der Waals surface area contributed by atoms with Crippen molar-refractivity contribution < 1.29 is 23.7 Å². The Balaban J connectivity index is 1.54. The number of ether oxygens (including phenoxy) is 4. The fraction of sp³-hybridized carbons (Fsp3) is 0.167. The lowest BCUT2D eigenvalue weighted by molar-refractivity contribution is -0.214. The summed E-state index contributed by atoms with van der Waals surface area (Å²) in [4.78, 5) is 13.9. The summed E-state index contributed by atoms with van der Waals surface area (Å²) < 4.78 is 24.1. The van der Waals surface area contributed by atoms with Crippen molar-refractivity contribution in [2.24, 2.45) is 0 Å². The molecule has 0 bridgehead atoms. The summed E-state index contributed by atoms with van der Waals surface area (Å²) in [5, 5.41) is 0. The van der Waals surface area contributed by atoms with Crippen molar-refractivity contribution in [2.75, 3.05) is 26.4 Å². The second-order valence-corrected chi connectivity index (χ2v) is 7.70. The molecule has 5 nitrogen and oxygen atoms in total. The van der Waals surface area contributed by atoms with E-state index in [1.54, 1.807) is 12.1 Å². The second-order valence-electron chi connectivity index (χ2n) is 7.70. The highest BCUT2D eigenvalue weighted by atomic mass is 16.7. The lowest BCUT2D eigenvalue weighted by Gasteiger charge is -2.33. The van der Waals surface area contributed by atoms with E-state index in [1.165, 1.54) is 0 Å². The van der Waals surface area contributed by atoms with Crippen molar-refractivity contribution in [2.45, 2.75) is 5.79 Å². The van der Waals surface area contributed by atoms with E-state index in [-0.39, 0.29) is 32.2 Å². The fourth-order valence-electron chi connectivity index (χ4n) is 3.63. The monoisotopic (exact) mass is 468 g/mol. The minimum absolute atomic E-state index is 0.141. The number of carbonyl (C=O) groups excluding carboxylic acids is 1. The van der Waals surface area contributed by atoms with Gasteiger partial charge in [-0.2, -0.15) is 0 Å². The SMILES string of the molecule is O=C(c1ccccc1)C(OCCOc1ccccc1)(OCCOc1ccccc1)c1ccccc1. The first-order chi connectivity index (χ1) is 17.3. The van der Waals surface area contributed by atoms with E-state index in [0.717, 1.165) is 11.5 Å². The highest BCUT2D eigenvalue weighted by Gasteiger charge is 2.43. The van der Waals surface area contributed by atoms with Crippen LogP contribution in [0.3, 0.4) is 0 Å². The van der Waals surface area contributed by atoms with E-state index < -0.39 is 5.79 Å². The Kier molecular flexibility index (Phi) is 8.65. The molecule has 0 saturated carbocycles. The molecule has 0 spiro atoms. The third-order valence-corrected chi connectivity index (χ3v) is 5.29. The Hall–Kier alpha value is -3.93. The van der Waals surface area contributed by atoms with Gasteiger partial charge in [0.05, 0.1) is 13.2 Å². The largest absolute Gasteiger partial charge is 0.491 e. The van der Waals surface area contributed by atoms with Crippen LogP contribution in [-0.2, 0) is 15.3 Å². The Labute approximate surface area is 205 Å². The quantitative estimate of drug-likeness (QED) is 0.139. The van der Waals surface area contributed by atoms with Gasteiger partial charge in [0, 0.05) is 11.1 Å². The molecule has 0 aliphatic rings. The molecule has 0 N–H and O–H groups in total. The number of ketones is 1. The van der Waals surface area contributed by atoms with Gasteiger partial charge in [0.1, 0.15) is 24.7 Å². The van der Waals surface area contributed by atoms with E-state index >= 15 is 0 Å². The molecule has 0 aliphatic carbocycles. The van der Waals surface area contributed by atoms with Gasteiger partial charge in [-0.05, 0) is 24.3 Å². The Morgan fingerprint density at radius 2 is 0.914 bits per heavy atom. The molecule has 4 rings (SSSR count). The zero-order valence-electron chi connectivity index (χ0n) is 19.4. The van der Waals surface area contributed by atoms with Crippen LogP contribution in [-0.4, -0.2) is 32.2 Å². The minimum Gasteiger partial charge on any atom is -0.491 e. The maximum atomic E-state index is 13.9. The van der Waals surface area contributed by atoms with Crippen molar-refractivity contribution >= 4 is 5.78 Å². The first kappa shape index (κ1) is 24.2. The van der Waals surface area contributed by atoms with Gasteiger partial charge in [-0.15, -0.1) is 0 Å². The van der Waals surface area contributed by atoms with Crippen molar-refractivity contribution in [3.8, 4) is 11.5 Å². The molecule has 178 valence electrons. The Morgan fingerprint density at radius 1 is 0.514 bits per heavy atom. The average molecular weight is 469 g/mol. The molecule has 5 heteroatoms. The van der Waals surface area contributed by atoms with Crippen LogP contribution >= 0.6 is 0 Å². The number of hydrogen-bond acceptors (Lipinski definition) is 5. The summed E-state index contributed by atoms with van der Waals surface area (Å²) >= 11 is 0. The van der Waals surface area contributed by atoms with Crippen molar-refractivity contribution in [1.29, 1.82) is 0 Å². The summed E-state index contributed by atoms with van der Waals surface area (Å²) in [5.41, 5.74) is 1.09. The Morgan fingerprint density at radius 3 is 1.37 bits per heavy atom. The Bertz CT molecular complexity index is 1100. The molecule has 0 heterocycles. The number of carbonyl (C=O) groups is 1. The molecule has 0 fully saturated rings. The second kappa shape index (κ2) is 12.5. The van der Waals surface area contributed by atoms with Crippen molar-refractivity contribution in [3.05, 3.63) is 132 Å². The van der Waals surface area contributed by atoms with Crippen LogP contribution in [0, 0.1) is 0 Å². The van der Waals surface area contributed by atoms with Crippen LogP contribution in [0.5, 0.6) is 11.5 Å². The maximum absolute atomic E-state index is 13.9.